The van der Waals surface area contributed by atoms with Crippen molar-refractivity contribution in [3.63, 3.8) is 0 Å². The van der Waals surface area contributed by atoms with Gasteiger partial charge >= 0.3 is 0 Å². The summed E-state index contributed by atoms with van der Waals surface area (Å²) in [7, 11) is 0. The summed E-state index contributed by atoms with van der Waals surface area (Å²) < 4.78 is 0. The number of nitrogens with zero attached hydrogens (tertiary/aromatic N) is 1. The standard InChI is InChI=1S/C16H23NO/c1-14(2,3)12-6-5-11-7-8-16(9-10-16)15(4,18)13(11)17-12/h5-6,18H,7-10H2,1-4H3. The molecule has 1 heterocycles. The molecule has 1 fully saturated rings. The number of aryl methyl sites for hydroxylation is 1. The molecule has 2 aliphatic rings. The van der Waals surface area contributed by atoms with Gasteiger partial charge in [0, 0.05) is 16.5 Å². The Morgan fingerprint density at radius 3 is 2.39 bits per heavy atom. The molecule has 0 aliphatic heterocycles. The number of hydrogen-bond donors (Lipinski definition) is 1. The first-order valence-corrected chi connectivity index (χ1v) is 7.00. The number of rotatable bonds is 0. The number of pyridine rings is 1. The van der Waals surface area contributed by atoms with Crippen LogP contribution >= 0.6 is 0 Å². The summed E-state index contributed by atoms with van der Waals surface area (Å²) in [5.74, 6) is 0. The molecule has 2 aliphatic carbocycles. The lowest BCUT2D eigenvalue weighted by atomic mass is 9.72. The molecule has 1 saturated carbocycles. The van der Waals surface area contributed by atoms with Crippen molar-refractivity contribution in [3.05, 3.63) is 29.1 Å². The van der Waals surface area contributed by atoms with Crippen molar-refractivity contribution in [2.45, 2.75) is 64.4 Å². The summed E-state index contributed by atoms with van der Waals surface area (Å²) in [5, 5.41) is 10.9. The fourth-order valence-electron chi connectivity index (χ4n) is 3.29. The van der Waals surface area contributed by atoms with Crippen LogP contribution in [-0.2, 0) is 17.4 Å². The van der Waals surface area contributed by atoms with Gasteiger partial charge in [0.05, 0.1) is 5.69 Å². The SMILES string of the molecule is CC(C)(C)c1ccc2c(n1)C(C)(O)C1(CC2)CC1. The van der Waals surface area contributed by atoms with Crippen molar-refractivity contribution in [1.82, 2.24) is 4.98 Å². The molecule has 0 bridgehead atoms. The third-order valence-electron chi connectivity index (χ3n) is 4.97. The molecule has 18 heavy (non-hydrogen) atoms. The van der Waals surface area contributed by atoms with E-state index in [9.17, 15) is 5.11 Å². The smallest absolute Gasteiger partial charge is 0.110 e. The molecule has 1 aromatic rings. The van der Waals surface area contributed by atoms with E-state index in [1.54, 1.807) is 0 Å². The minimum absolute atomic E-state index is 0.0409. The summed E-state index contributed by atoms with van der Waals surface area (Å²) >= 11 is 0. The number of aliphatic hydroxyl groups is 1. The van der Waals surface area contributed by atoms with Gasteiger partial charge in [-0.15, -0.1) is 0 Å². The fourth-order valence-corrected chi connectivity index (χ4v) is 3.29. The third-order valence-corrected chi connectivity index (χ3v) is 4.97. The van der Waals surface area contributed by atoms with E-state index in [1.165, 1.54) is 5.56 Å². The Labute approximate surface area is 109 Å². The fraction of sp³-hybridized carbons (Fsp3) is 0.688. The average molecular weight is 245 g/mol. The van der Waals surface area contributed by atoms with Crippen molar-refractivity contribution in [3.8, 4) is 0 Å². The second kappa shape index (κ2) is 3.36. The van der Waals surface area contributed by atoms with Gasteiger partial charge in [-0.2, -0.15) is 0 Å². The Morgan fingerprint density at radius 2 is 1.83 bits per heavy atom. The quantitative estimate of drug-likeness (QED) is 0.760. The highest BCUT2D eigenvalue weighted by molar-refractivity contribution is 5.36. The molecule has 2 nitrogen and oxygen atoms in total. The van der Waals surface area contributed by atoms with Gasteiger partial charge in [-0.1, -0.05) is 26.8 Å². The molecular weight excluding hydrogens is 222 g/mol. The van der Waals surface area contributed by atoms with Crippen LogP contribution in [0.4, 0.5) is 0 Å². The second-order valence-electron chi connectivity index (χ2n) is 7.31. The molecular formula is C16H23NO. The minimum Gasteiger partial charge on any atom is -0.383 e. The van der Waals surface area contributed by atoms with Crippen molar-refractivity contribution >= 4 is 0 Å². The van der Waals surface area contributed by atoms with E-state index in [2.05, 4.69) is 32.9 Å². The van der Waals surface area contributed by atoms with Gasteiger partial charge in [-0.25, -0.2) is 0 Å². The van der Waals surface area contributed by atoms with Crippen LogP contribution in [0.1, 0.15) is 63.9 Å². The van der Waals surface area contributed by atoms with Crippen LogP contribution in [-0.4, -0.2) is 10.1 Å². The number of fused-ring (bicyclic) bond motifs is 1. The van der Waals surface area contributed by atoms with E-state index in [1.807, 2.05) is 6.92 Å². The van der Waals surface area contributed by atoms with Gasteiger partial charge in [0.1, 0.15) is 5.60 Å². The summed E-state index contributed by atoms with van der Waals surface area (Å²) in [6.45, 7) is 8.49. The summed E-state index contributed by atoms with van der Waals surface area (Å²) in [6.07, 6.45) is 4.49. The average Bonchev–Trinajstić information content (AvgIpc) is 3.04. The van der Waals surface area contributed by atoms with E-state index >= 15 is 0 Å². The molecule has 3 rings (SSSR count). The lowest BCUT2D eigenvalue weighted by molar-refractivity contribution is -0.0374. The summed E-state index contributed by atoms with van der Waals surface area (Å²) in [4.78, 5) is 4.82. The van der Waals surface area contributed by atoms with E-state index in [0.717, 1.165) is 37.1 Å². The Kier molecular flexibility index (Phi) is 2.27. The Hall–Kier alpha value is -0.890. The van der Waals surface area contributed by atoms with Gasteiger partial charge in [-0.3, -0.25) is 4.98 Å². The van der Waals surface area contributed by atoms with Crippen LogP contribution in [0, 0.1) is 5.41 Å². The molecule has 0 aromatic carbocycles. The first-order chi connectivity index (χ1) is 8.26. The van der Waals surface area contributed by atoms with Crippen molar-refractivity contribution in [2.75, 3.05) is 0 Å². The molecule has 0 saturated heterocycles. The van der Waals surface area contributed by atoms with Gasteiger partial charge in [0.2, 0.25) is 0 Å². The monoisotopic (exact) mass is 245 g/mol. The molecule has 1 spiro atoms. The van der Waals surface area contributed by atoms with E-state index < -0.39 is 5.60 Å². The van der Waals surface area contributed by atoms with E-state index in [4.69, 9.17) is 4.98 Å². The van der Waals surface area contributed by atoms with Gasteiger partial charge in [-0.05, 0) is 44.2 Å². The predicted molar refractivity (Wildman–Crippen MR) is 72.5 cm³/mol. The van der Waals surface area contributed by atoms with Crippen LogP contribution in [0.3, 0.4) is 0 Å². The molecule has 0 amide bonds. The molecule has 1 N–H and O–H groups in total. The lowest BCUT2D eigenvalue weighted by Crippen LogP contribution is -2.40. The minimum atomic E-state index is -0.734. The molecule has 1 aromatic heterocycles. The summed E-state index contributed by atoms with van der Waals surface area (Å²) in [5.41, 5.74) is 2.70. The molecule has 0 radical (unpaired) electrons. The maximum absolute atomic E-state index is 10.9. The molecule has 98 valence electrons. The van der Waals surface area contributed by atoms with Gasteiger partial charge < -0.3 is 5.11 Å². The van der Waals surface area contributed by atoms with Crippen LogP contribution in [0.25, 0.3) is 0 Å². The predicted octanol–water partition coefficient (Wildman–Crippen LogP) is 3.31. The van der Waals surface area contributed by atoms with Crippen LogP contribution in [0.2, 0.25) is 0 Å². The topological polar surface area (TPSA) is 33.1 Å². The van der Waals surface area contributed by atoms with E-state index in [-0.39, 0.29) is 10.8 Å². The first-order valence-electron chi connectivity index (χ1n) is 7.00. The highest BCUT2D eigenvalue weighted by Crippen LogP contribution is 2.63. The maximum atomic E-state index is 10.9. The molecule has 2 heteroatoms. The van der Waals surface area contributed by atoms with E-state index in [0.29, 0.717) is 0 Å². The van der Waals surface area contributed by atoms with Crippen LogP contribution < -0.4 is 0 Å². The van der Waals surface area contributed by atoms with Crippen LogP contribution in [0.5, 0.6) is 0 Å². The highest BCUT2D eigenvalue weighted by Gasteiger charge is 2.59. The highest BCUT2D eigenvalue weighted by atomic mass is 16.3. The third kappa shape index (κ3) is 1.55. The Balaban J connectivity index is 2.12. The summed E-state index contributed by atoms with van der Waals surface area (Å²) in [6, 6.07) is 4.30. The zero-order chi connectivity index (χ0) is 13.2. The van der Waals surface area contributed by atoms with Gasteiger partial charge in [0.15, 0.2) is 0 Å². The Morgan fingerprint density at radius 1 is 1.17 bits per heavy atom. The zero-order valence-electron chi connectivity index (χ0n) is 11.9. The largest absolute Gasteiger partial charge is 0.383 e. The number of aromatic nitrogens is 1. The molecule has 1 unspecified atom stereocenters. The first kappa shape index (κ1) is 12.2. The van der Waals surface area contributed by atoms with Crippen molar-refractivity contribution in [2.24, 2.45) is 5.41 Å². The van der Waals surface area contributed by atoms with Crippen molar-refractivity contribution < 1.29 is 5.11 Å². The normalized spacial score (nSPS) is 29.2. The number of hydrogen-bond acceptors (Lipinski definition) is 2. The lowest BCUT2D eigenvalue weighted by Gasteiger charge is -2.39. The maximum Gasteiger partial charge on any atom is 0.110 e. The molecule has 1 atom stereocenters. The van der Waals surface area contributed by atoms with Crippen molar-refractivity contribution in [1.29, 1.82) is 0 Å². The van der Waals surface area contributed by atoms with Crippen LogP contribution in [0.15, 0.2) is 12.1 Å². The Bertz CT molecular complexity index is 492. The zero-order valence-corrected chi connectivity index (χ0v) is 11.9. The van der Waals surface area contributed by atoms with Gasteiger partial charge in [0.25, 0.3) is 0 Å². The second-order valence-corrected chi connectivity index (χ2v) is 7.31.